The zero-order chi connectivity index (χ0) is 24.2. The van der Waals surface area contributed by atoms with Crippen molar-refractivity contribution >= 4 is 25.7 Å². The van der Waals surface area contributed by atoms with Crippen molar-refractivity contribution in [1.82, 2.24) is 4.31 Å². The van der Waals surface area contributed by atoms with Gasteiger partial charge in [-0.25, -0.2) is 21.2 Å². The fourth-order valence-electron chi connectivity index (χ4n) is 5.62. The second-order valence-electron chi connectivity index (χ2n) is 10.2. The van der Waals surface area contributed by atoms with Crippen LogP contribution in [-0.4, -0.2) is 40.8 Å². The van der Waals surface area contributed by atoms with E-state index < -0.39 is 25.9 Å². The minimum absolute atomic E-state index is 0.0165. The molecule has 1 N–H and O–H groups in total. The van der Waals surface area contributed by atoms with E-state index in [1.165, 1.54) is 37.4 Å². The van der Waals surface area contributed by atoms with Gasteiger partial charge in [-0.15, -0.1) is 0 Å². The van der Waals surface area contributed by atoms with Gasteiger partial charge in [-0.1, -0.05) is 26.8 Å². The highest BCUT2D eigenvalue weighted by Crippen LogP contribution is 2.53. The van der Waals surface area contributed by atoms with Crippen LogP contribution < -0.4 is 9.46 Å². The van der Waals surface area contributed by atoms with Gasteiger partial charge in [0.05, 0.1) is 17.7 Å². The lowest BCUT2D eigenvalue weighted by atomic mass is 9.65. The third-order valence-corrected chi connectivity index (χ3v) is 9.77. The van der Waals surface area contributed by atoms with Crippen LogP contribution in [0.5, 0.6) is 5.75 Å². The summed E-state index contributed by atoms with van der Waals surface area (Å²) in [7, 11) is -6.77. The number of nitrogens with one attached hydrogen (secondary N) is 1. The summed E-state index contributed by atoms with van der Waals surface area (Å²) in [5, 5.41) is 0. The number of benzene rings is 2. The van der Waals surface area contributed by atoms with E-state index in [-0.39, 0.29) is 38.1 Å². The molecule has 2 fully saturated rings. The van der Waals surface area contributed by atoms with E-state index in [0.717, 1.165) is 31.4 Å². The number of rotatable bonds is 6. The maximum absolute atomic E-state index is 13.7. The first-order valence-corrected chi connectivity index (χ1v) is 13.7. The maximum atomic E-state index is 13.7. The molecule has 0 amide bonds. The molecule has 2 bridgehead atoms. The number of hydrogen-bond donors (Lipinski definition) is 1. The summed E-state index contributed by atoms with van der Waals surface area (Å²) >= 11 is 0. The molecule has 1 saturated carbocycles. The number of nitrogens with zero attached hydrogens (tertiary/aromatic N) is 1. The Labute approximate surface area is 195 Å². The summed E-state index contributed by atoms with van der Waals surface area (Å²) in [6, 6.07) is 8.79. The largest absolute Gasteiger partial charge is 0.495 e. The van der Waals surface area contributed by atoms with Gasteiger partial charge >= 0.3 is 0 Å². The average molecular weight is 497 g/mol. The van der Waals surface area contributed by atoms with Crippen LogP contribution >= 0.6 is 0 Å². The van der Waals surface area contributed by atoms with E-state index >= 15 is 0 Å². The van der Waals surface area contributed by atoms with Crippen molar-refractivity contribution in [2.45, 2.75) is 55.9 Å². The number of fused-ring (bicyclic) bond motifs is 2. The lowest BCUT2D eigenvalue weighted by Crippen LogP contribution is -2.37. The summed E-state index contributed by atoms with van der Waals surface area (Å²) in [5.74, 6) is -0.753. The maximum Gasteiger partial charge on any atom is 0.265 e. The second kappa shape index (κ2) is 7.95. The number of anilines is 1. The Morgan fingerprint density at radius 1 is 1.06 bits per heavy atom. The van der Waals surface area contributed by atoms with Crippen molar-refractivity contribution in [3.05, 3.63) is 48.3 Å². The van der Waals surface area contributed by atoms with Gasteiger partial charge in [-0.3, -0.25) is 4.72 Å². The van der Waals surface area contributed by atoms with E-state index in [1.807, 2.05) is 0 Å². The number of methoxy groups -OCH3 is 1. The van der Waals surface area contributed by atoms with Crippen molar-refractivity contribution in [1.29, 1.82) is 0 Å². The number of hydrogen-bond acceptors (Lipinski definition) is 5. The van der Waals surface area contributed by atoms with Crippen LogP contribution in [0.15, 0.2) is 52.3 Å². The van der Waals surface area contributed by atoms with Crippen LogP contribution in [0.4, 0.5) is 10.1 Å². The van der Waals surface area contributed by atoms with Gasteiger partial charge in [0.1, 0.15) is 16.5 Å². The predicted molar refractivity (Wildman–Crippen MR) is 124 cm³/mol. The summed E-state index contributed by atoms with van der Waals surface area (Å²) in [5.41, 5.74) is 0.0480. The fourth-order valence-corrected chi connectivity index (χ4v) is 8.67. The van der Waals surface area contributed by atoms with Gasteiger partial charge in [-0.05, 0) is 66.5 Å². The molecule has 10 heteroatoms. The highest BCUT2D eigenvalue weighted by atomic mass is 32.2. The number of sulfonamides is 2. The zero-order valence-corrected chi connectivity index (χ0v) is 20.8. The van der Waals surface area contributed by atoms with Gasteiger partial charge in [0, 0.05) is 12.6 Å². The standard InChI is InChI=1S/C23H29FN2O5S2/c1-22(2)12-18-13-23(3,14-22)15-26(18)33(29,30)19-7-5-6-17(11-19)25-32(27,28)21-10-16(24)8-9-20(21)31-4/h5-11,18,25H,12-15H2,1-4H3/t18-,23-/m1/s1. The Kier molecular flexibility index (Phi) is 5.78. The minimum atomic E-state index is -4.22. The van der Waals surface area contributed by atoms with Crippen LogP contribution in [0.1, 0.15) is 40.0 Å². The normalized spacial score (nSPS) is 25.1. The molecule has 7 nitrogen and oxygen atoms in total. The smallest absolute Gasteiger partial charge is 0.265 e. The lowest BCUT2D eigenvalue weighted by Gasteiger charge is -2.39. The van der Waals surface area contributed by atoms with Crippen molar-refractivity contribution < 1.29 is 26.0 Å². The van der Waals surface area contributed by atoms with Crippen LogP contribution in [0.2, 0.25) is 0 Å². The second-order valence-corrected chi connectivity index (χ2v) is 13.7. The van der Waals surface area contributed by atoms with Crippen LogP contribution in [0.25, 0.3) is 0 Å². The number of halogens is 1. The third-order valence-electron chi connectivity index (χ3n) is 6.47. The topological polar surface area (TPSA) is 92.8 Å². The summed E-state index contributed by atoms with van der Waals surface area (Å²) in [6.45, 7) is 6.92. The Bertz CT molecular complexity index is 1290. The molecule has 2 aliphatic rings. The SMILES string of the molecule is COc1ccc(F)cc1S(=O)(=O)Nc1cccc(S(=O)(=O)N2C[C@]3(C)C[C@H]2CC(C)(C)C3)c1. The molecule has 1 heterocycles. The monoisotopic (exact) mass is 496 g/mol. The van der Waals surface area contributed by atoms with E-state index in [2.05, 4.69) is 25.5 Å². The molecule has 1 saturated heterocycles. The van der Waals surface area contributed by atoms with Crippen molar-refractivity contribution in [3.63, 3.8) is 0 Å². The van der Waals surface area contributed by atoms with Crippen LogP contribution in [0, 0.1) is 16.6 Å². The predicted octanol–water partition coefficient (Wildman–Crippen LogP) is 4.22. The Hall–Kier alpha value is -2.17. The molecule has 0 unspecified atom stereocenters. The van der Waals surface area contributed by atoms with Crippen LogP contribution in [-0.2, 0) is 20.0 Å². The van der Waals surface area contributed by atoms with E-state index in [4.69, 9.17) is 4.74 Å². The summed E-state index contributed by atoms with van der Waals surface area (Å²) in [6.07, 6.45) is 2.56. The molecular formula is C23H29FN2O5S2. The van der Waals surface area contributed by atoms with Gasteiger partial charge in [-0.2, -0.15) is 4.31 Å². The van der Waals surface area contributed by atoms with Crippen LogP contribution in [0.3, 0.4) is 0 Å². The molecule has 2 aromatic carbocycles. The first-order chi connectivity index (χ1) is 15.2. The van der Waals surface area contributed by atoms with Gasteiger partial charge in [0.15, 0.2) is 0 Å². The molecular weight excluding hydrogens is 467 g/mol. The molecule has 0 radical (unpaired) electrons. The third kappa shape index (κ3) is 4.61. The molecule has 2 atom stereocenters. The Balaban J connectivity index is 1.64. The highest BCUT2D eigenvalue weighted by Gasteiger charge is 2.53. The molecule has 2 aromatic rings. The first kappa shape index (κ1) is 24.0. The van der Waals surface area contributed by atoms with E-state index in [1.54, 1.807) is 4.31 Å². The average Bonchev–Trinajstić information content (AvgIpc) is 2.97. The lowest BCUT2D eigenvalue weighted by molar-refractivity contribution is 0.133. The molecule has 180 valence electrons. The molecule has 1 aliphatic heterocycles. The summed E-state index contributed by atoms with van der Waals surface area (Å²) in [4.78, 5) is -0.357. The Morgan fingerprint density at radius 3 is 2.48 bits per heavy atom. The molecule has 1 aliphatic carbocycles. The molecule has 0 aromatic heterocycles. The molecule has 4 rings (SSSR count). The van der Waals surface area contributed by atoms with Crippen molar-refractivity contribution in [3.8, 4) is 5.75 Å². The van der Waals surface area contributed by atoms with E-state index in [9.17, 15) is 21.2 Å². The van der Waals surface area contributed by atoms with Crippen molar-refractivity contribution in [2.75, 3.05) is 18.4 Å². The number of ether oxygens (including phenoxy) is 1. The van der Waals surface area contributed by atoms with Crippen molar-refractivity contribution in [2.24, 2.45) is 10.8 Å². The zero-order valence-electron chi connectivity index (χ0n) is 19.1. The fraction of sp³-hybridized carbons (Fsp3) is 0.478. The quantitative estimate of drug-likeness (QED) is 0.646. The Morgan fingerprint density at radius 2 is 1.79 bits per heavy atom. The molecule has 0 spiro atoms. The highest BCUT2D eigenvalue weighted by molar-refractivity contribution is 7.92. The molecule has 33 heavy (non-hydrogen) atoms. The van der Waals surface area contributed by atoms with E-state index in [0.29, 0.717) is 6.54 Å². The van der Waals surface area contributed by atoms with Gasteiger partial charge in [0.2, 0.25) is 10.0 Å². The summed E-state index contributed by atoms with van der Waals surface area (Å²) < 4.78 is 75.6. The first-order valence-electron chi connectivity index (χ1n) is 10.7. The minimum Gasteiger partial charge on any atom is -0.495 e. The van der Waals surface area contributed by atoms with Gasteiger partial charge in [0.25, 0.3) is 10.0 Å². The van der Waals surface area contributed by atoms with Gasteiger partial charge < -0.3 is 4.74 Å².